The Labute approximate surface area is 134 Å². The standard InChI is InChI=1S/C19H30O3/c1-3-5-6-7-8-9-10-11-14-17-16(4-2)13-12-15-18(17)22-19(20)21/h12-13,15H,3-11,14H2,1-2H3,(H,20,21). The average Bonchev–Trinajstić information content (AvgIpc) is 2.50. The Bertz CT molecular complexity index is 440. The van der Waals surface area contributed by atoms with Gasteiger partial charge < -0.3 is 9.84 Å². The Morgan fingerprint density at radius 1 is 1.00 bits per heavy atom. The first-order valence-electron chi connectivity index (χ1n) is 8.70. The van der Waals surface area contributed by atoms with Gasteiger partial charge in [-0.3, -0.25) is 0 Å². The number of rotatable bonds is 11. The number of carboxylic acid groups (broad SMARTS) is 1. The van der Waals surface area contributed by atoms with Gasteiger partial charge in [0.2, 0.25) is 0 Å². The zero-order valence-electron chi connectivity index (χ0n) is 14.1. The molecule has 1 rings (SSSR count). The van der Waals surface area contributed by atoms with Crippen molar-refractivity contribution in [1.82, 2.24) is 0 Å². The van der Waals surface area contributed by atoms with Crippen LogP contribution < -0.4 is 4.74 Å². The summed E-state index contributed by atoms with van der Waals surface area (Å²) in [5.41, 5.74) is 2.26. The van der Waals surface area contributed by atoms with Gasteiger partial charge in [0.05, 0.1) is 0 Å². The molecule has 0 aliphatic rings. The number of hydrogen-bond donors (Lipinski definition) is 1. The van der Waals surface area contributed by atoms with Gasteiger partial charge in [0.1, 0.15) is 5.75 Å². The summed E-state index contributed by atoms with van der Waals surface area (Å²) in [6.45, 7) is 4.33. The lowest BCUT2D eigenvalue weighted by Crippen LogP contribution is -2.07. The molecule has 0 saturated carbocycles. The smallest absolute Gasteiger partial charge is 0.449 e. The van der Waals surface area contributed by atoms with Gasteiger partial charge in [0, 0.05) is 0 Å². The maximum Gasteiger partial charge on any atom is 0.511 e. The van der Waals surface area contributed by atoms with E-state index < -0.39 is 6.16 Å². The Kier molecular flexibility index (Phi) is 9.36. The maximum atomic E-state index is 10.8. The third-order valence-corrected chi connectivity index (χ3v) is 4.09. The van der Waals surface area contributed by atoms with Crippen molar-refractivity contribution in [3.8, 4) is 5.75 Å². The van der Waals surface area contributed by atoms with Gasteiger partial charge in [0.15, 0.2) is 0 Å². The van der Waals surface area contributed by atoms with Crippen molar-refractivity contribution < 1.29 is 14.6 Å². The van der Waals surface area contributed by atoms with Crippen molar-refractivity contribution >= 4 is 6.16 Å². The summed E-state index contributed by atoms with van der Waals surface area (Å²) in [4.78, 5) is 10.8. The first kappa shape index (κ1) is 18.5. The predicted molar refractivity (Wildman–Crippen MR) is 90.8 cm³/mol. The molecule has 0 unspecified atom stereocenters. The van der Waals surface area contributed by atoms with Gasteiger partial charge in [-0.05, 0) is 36.5 Å². The molecule has 0 atom stereocenters. The molecule has 0 bridgehead atoms. The Morgan fingerprint density at radius 3 is 2.23 bits per heavy atom. The second-order valence-electron chi connectivity index (χ2n) is 5.84. The number of unbranched alkanes of at least 4 members (excludes halogenated alkanes) is 7. The second kappa shape index (κ2) is 11.1. The second-order valence-corrected chi connectivity index (χ2v) is 5.84. The minimum absolute atomic E-state index is 0.509. The Morgan fingerprint density at radius 2 is 1.64 bits per heavy atom. The Balaban J connectivity index is 2.41. The van der Waals surface area contributed by atoms with Crippen LogP contribution in [0, 0.1) is 0 Å². The first-order chi connectivity index (χ1) is 10.7. The molecular formula is C19H30O3. The van der Waals surface area contributed by atoms with E-state index in [1.54, 1.807) is 6.07 Å². The van der Waals surface area contributed by atoms with Crippen molar-refractivity contribution in [2.45, 2.75) is 78.1 Å². The highest BCUT2D eigenvalue weighted by atomic mass is 16.7. The van der Waals surface area contributed by atoms with Crippen LogP contribution in [0.5, 0.6) is 5.75 Å². The summed E-state index contributed by atoms with van der Waals surface area (Å²) >= 11 is 0. The molecule has 1 aromatic rings. The van der Waals surface area contributed by atoms with E-state index in [-0.39, 0.29) is 0 Å². The molecule has 3 heteroatoms. The van der Waals surface area contributed by atoms with E-state index >= 15 is 0 Å². The van der Waals surface area contributed by atoms with Crippen LogP contribution in [0.4, 0.5) is 4.79 Å². The molecule has 22 heavy (non-hydrogen) atoms. The summed E-state index contributed by atoms with van der Waals surface area (Å²) in [7, 11) is 0. The molecule has 0 fully saturated rings. The number of aryl methyl sites for hydroxylation is 1. The van der Waals surface area contributed by atoms with Crippen molar-refractivity contribution in [1.29, 1.82) is 0 Å². The van der Waals surface area contributed by atoms with Crippen LogP contribution in [0.15, 0.2) is 18.2 Å². The first-order valence-corrected chi connectivity index (χ1v) is 8.70. The van der Waals surface area contributed by atoms with Crippen LogP contribution in [0.3, 0.4) is 0 Å². The summed E-state index contributed by atoms with van der Waals surface area (Å²) in [5.74, 6) is 0.509. The largest absolute Gasteiger partial charge is 0.511 e. The molecule has 0 spiro atoms. The maximum absolute atomic E-state index is 10.8. The van der Waals surface area contributed by atoms with Crippen LogP contribution >= 0.6 is 0 Å². The molecular weight excluding hydrogens is 276 g/mol. The lowest BCUT2D eigenvalue weighted by molar-refractivity contribution is 0.144. The number of benzene rings is 1. The van der Waals surface area contributed by atoms with E-state index in [0.29, 0.717) is 5.75 Å². The summed E-state index contributed by atoms with van der Waals surface area (Å²) < 4.78 is 4.93. The monoisotopic (exact) mass is 306 g/mol. The zero-order chi connectivity index (χ0) is 16.2. The fourth-order valence-electron chi connectivity index (χ4n) is 2.85. The summed E-state index contributed by atoms with van der Waals surface area (Å²) in [6, 6.07) is 5.69. The number of ether oxygens (including phenoxy) is 1. The minimum atomic E-state index is -1.23. The molecule has 0 heterocycles. The van der Waals surface area contributed by atoms with Gasteiger partial charge >= 0.3 is 6.16 Å². The van der Waals surface area contributed by atoms with Crippen LogP contribution in [0.25, 0.3) is 0 Å². The van der Waals surface area contributed by atoms with Gasteiger partial charge in [-0.15, -0.1) is 0 Å². The molecule has 1 N–H and O–H groups in total. The van der Waals surface area contributed by atoms with E-state index in [0.717, 1.165) is 24.8 Å². The molecule has 0 aliphatic carbocycles. The summed E-state index contributed by atoms with van der Waals surface area (Å²) in [5, 5.41) is 8.85. The van der Waals surface area contributed by atoms with E-state index in [1.165, 1.54) is 50.5 Å². The van der Waals surface area contributed by atoms with Crippen LogP contribution in [0.1, 0.15) is 76.3 Å². The molecule has 0 aromatic heterocycles. The van der Waals surface area contributed by atoms with Gasteiger partial charge in [-0.25, -0.2) is 4.79 Å². The zero-order valence-corrected chi connectivity index (χ0v) is 14.1. The van der Waals surface area contributed by atoms with Crippen molar-refractivity contribution in [3.05, 3.63) is 29.3 Å². The SMILES string of the molecule is CCCCCCCCCCc1c(CC)cccc1OC(=O)O. The van der Waals surface area contributed by atoms with Crippen molar-refractivity contribution in [2.24, 2.45) is 0 Å². The van der Waals surface area contributed by atoms with E-state index in [1.807, 2.05) is 6.07 Å². The third kappa shape index (κ3) is 6.97. The predicted octanol–water partition coefficient (Wildman–Crippen LogP) is 5.99. The quantitative estimate of drug-likeness (QED) is 0.310. The van der Waals surface area contributed by atoms with E-state index in [9.17, 15) is 4.79 Å². The highest BCUT2D eigenvalue weighted by Gasteiger charge is 2.11. The van der Waals surface area contributed by atoms with E-state index in [2.05, 4.69) is 19.9 Å². The lowest BCUT2D eigenvalue weighted by atomic mass is 9.98. The number of hydrogen-bond acceptors (Lipinski definition) is 2. The van der Waals surface area contributed by atoms with Crippen LogP contribution in [-0.2, 0) is 12.8 Å². The molecule has 1 aromatic carbocycles. The topological polar surface area (TPSA) is 46.5 Å². The van der Waals surface area contributed by atoms with Crippen molar-refractivity contribution in [3.63, 3.8) is 0 Å². The Hall–Kier alpha value is -1.51. The molecule has 0 amide bonds. The lowest BCUT2D eigenvalue weighted by Gasteiger charge is -2.12. The van der Waals surface area contributed by atoms with Gasteiger partial charge in [-0.2, -0.15) is 0 Å². The fraction of sp³-hybridized carbons (Fsp3) is 0.632. The molecule has 0 radical (unpaired) electrons. The van der Waals surface area contributed by atoms with Crippen LogP contribution in [-0.4, -0.2) is 11.3 Å². The molecule has 3 nitrogen and oxygen atoms in total. The van der Waals surface area contributed by atoms with Gasteiger partial charge in [-0.1, -0.05) is 70.9 Å². The normalized spacial score (nSPS) is 10.6. The average molecular weight is 306 g/mol. The molecule has 124 valence electrons. The molecule has 0 aliphatic heterocycles. The highest BCUT2D eigenvalue weighted by Crippen LogP contribution is 2.25. The highest BCUT2D eigenvalue weighted by molar-refractivity contribution is 5.62. The fourth-order valence-corrected chi connectivity index (χ4v) is 2.85. The van der Waals surface area contributed by atoms with Gasteiger partial charge in [0.25, 0.3) is 0 Å². The summed E-state index contributed by atoms with van der Waals surface area (Å²) in [6.07, 6.45) is 10.8. The third-order valence-electron chi connectivity index (χ3n) is 4.09. The number of carbonyl (C=O) groups is 1. The molecule has 0 saturated heterocycles. The van der Waals surface area contributed by atoms with E-state index in [4.69, 9.17) is 9.84 Å². The van der Waals surface area contributed by atoms with Crippen molar-refractivity contribution in [2.75, 3.05) is 0 Å². The minimum Gasteiger partial charge on any atom is -0.449 e. The van der Waals surface area contributed by atoms with Crippen LogP contribution in [0.2, 0.25) is 0 Å².